The molecular weight excluding hydrogens is 350 g/mol. The van der Waals surface area contributed by atoms with Crippen LogP contribution in [0.15, 0.2) is 85.2 Å². The highest BCUT2D eigenvalue weighted by molar-refractivity contribution is 5.97. The van der Waals surface area contributed by atoms with Crippen molar-refractivity contribution in [2.75, 3.05) is 6.54 Å². The molecule has 4 aromatic rings. The van der Waals surface area contributed by atoms with Crippen LogP contribution in [0.5, 0.6) is 11.5 Å². The van der Waals surface area contributed by atoms with Crippen molar-refractivity contribution >= 4 is 11.6 Å². The molecule has 28 heavy (non-hydrogen) atoms. The molecule has 140 valence electrons. The molecule has 5 nitrogen and oxygen atoms in total. The average Bonchev–Trinajstić information content (AvgIpc) is 3.15. The maximum atomic E-state index is 13.3. The van der Waals surface area contributed by atoms with Crippen LogP contribution in [0.2, 0.25) is 0 Å². The second kappa shape index (κ2) is 7.96. The zero-order valence-electron chi connectivity index (χ0n) is 15.7. The molecule has 0 atom stereocenters. The zero-order chi connectivity index (χ0) is 19.3. The van der Waals surface area contributed by atoms with E-state index in [-0.39, 0.29) is 5.91 Å². The number of amides is 1. The number of rotatable bonds is 6. The summed E-state index contributed by atoms with van der Waals surface area (Å²) in [5, 5.41) is 0. The van der Waals surface area contributed by atoms with Gasteiger partial charge in [-0.05, 0) is 43.3 Å². The molecule has 2 heterocycles. The first-order valence-electron chi connectivity index (χ1n) is 9.28. The Morgan fingerprint density at radius 3 is 2.57 bits per heavy atom. The van der Waals surface area contributed by atoms with Crippen molar-refractivity contribution in [1.82, 2.24) is 14.3 Å². The molecule has 0 saturated heterocycles. The van der Waals surface area contributed by atoms with Crippen LogP contribution in [0.1, 0.15) is 23.0 Å². The van der Waals surface area contributed by atoms with Crippen LogP contribution in [-0.4, -0.2) is 26.7 Å². The summed E-state index contributed by atoms with van der Waals surface area (Å²) in [5.74, 6) is 1.18. The van der Waals surface area contributed by atoms with Gasteiger partial charge in [-0.2, -0.15) is 0 Å². The summed E-state index contributed by atoms with van der Waals surface area (Å²) in [4.78, 5) is 19.5. The lowest BCUT2D eigenvalue weighted by Gasteiger charge is -2.22. The first-order chi connectivity index (χ1) is 13.8. The van der Waals surface area contributed by atoms with Crippen molar-refractivity contribution in [3.8, 4) is 11.5 Å². The van der Waals surface area contributed by atoms with E-state index in [2.05, 4.69) is 4.98 Å². The van der Waals surface area contributed by atoms with Crippen LogP contribution >= 0.6 is 0 Å². The Balaban J connectivity index is 1.60. The highest BCUT2D eigenvalue weighted by Gasteiger charge is 2.20. The van der Waals surface area contributed by atoms with Crippen molar-refractivity contribution in [1.29, 1.82) is 0 Å². The van der Waals surface area contributed by atoms with E-state index in [4.69, 9.17) is 4.74 Å². The van der Waals surface area contributed by atoms with E-state index >= 15 is 0 Å². The first kappa shape index (κ1) is 17.8. The van der Waals surface area contributed by atoms with Crippen LogP contribution < -0.4 is 4.74 Å². The highest BCUT2D eigenvalue weighted by atomic mass is 16.5. The highest BCUT2D eigenvalue weighted by Crippen LogP contribution is 2.26. The van der Waals surface area contributed by atoms with Crippen LogP contribution in [0, 0.1) is 0 Å². The van der Waals surface area contributed by atoms with Gasteiger partial charge in [0.05, 0.1) is 24.0 Å². The summed E-state index contributed by atoms with van der Waals surface area (Å²) in [6, 6.07) is 22.7. The number of hydrogen-bond acceptors (Lipinski definition) is 3. The van der Waals surface area contributed by atoms with Gasteiger partial charge in [0, 0.05) is 12.7 Å². The monoisotopic (exact) mass is 371 g/mol. The lowest BCUT2D eigenvalue weighted by atomic mass is 10.1. The quantitative estimate of drug-likeness (QED) is 0.490. The third-order valence-electron chi connectivity index (χ3n) is 4.60. The molecule has 2 aromatic heterocycles. The second-order valence-corrected chi connectivity index (χ2v) is 6.41. The van der Waals surface area contributed by atoms with E-state index in [0.29, 0.717) is 30.2 Å². The number of benzene rings is 2. The van der Waals surface area contributed by atoms with Gasteiger partial charge in [0.2, 0.25) is 0 Å². The van der Waals surface area contributed by atoms with Crippen LogP contribution in [-0.2, 0) is 6.54 Å². The van der Waals surface area contributed by atoms with E-state index in [1.807, 2.05) is 90.4 Å². The van der Waals surface area contributed by atoms with Crippen LogP contribution in [0.4, 0.5) is 0 Å². The van der Waals surface area contributed by atoms with Gasteiger partial charge < -0.3 is 14.0 Å². The zero-order valence-corrected chi connectivity index (χ0v) is 15.7. The molecule has 0 unspecified atom stereocenters. The van der Waals surface area contributed by atoms with Gasteiger partial charge in [0.1, 0.15) is 17.1 Å². The molecule has 0 fully saturated rings. The Morgan fingerprint density at radius 1 is 1.00 bits per heavy atom. The number of pyridine rings is 1. The van der Waals surface area contributed by atoms with E-state index < -0.39 is 0 Å². The fraction of sp³-hybridized carbons (Fsp3) is 0.130. The Labute approximate surface area is 163 Å². The molecule has 0 bridgehead atoms. The molecule has 1 amide bonds. The van der Waals surface area contributed by atoms with Gasteiger partial charge in [-0.25, -0.2) is 4.98 Å². The molecule has 5 heteroatoms. The summed E-state index contributed by atoms with van der Waals surface area (Å²) in [6.45, 7) is 3.03. The number of nitrogens with zero attached hydrogens (tertiary/aromatic N) is 3. The predicted octanol–water partition coefficient (Wildman–Crippen LogP) is 4.79. The molecule has 0 aliphatic carbocycles. The maximum absolute atomic E-state index is 13.3. The minimum absolute atomic E-state index is 0.0695. The van der Waals surface area contributed by atoms with E-state index in [1.165, 1.54) is 0 Å². The maximum Gasteiger partial charge on any atom is 0.257 e. The molecule has 0 radical (unpaired) electrons. The Bertz CT molecular complexity index is 1090. The smallest absolute Gasteiger partial charge is 0.257 e. The number of carbonyl (C=O) groups excluding carboxylic acids is 1. The molecule has 0 saturated carbocycles. The van der Waals surface area contributed by atoms with Gasteiger partial charge in [0.25, 0.3) is 5.91 Å². The van der Waals surface area contributed by atoms with Gasteiger partial charge in [-0.1, -0.05) is 36.4 Å². The van der Waals surface area contributed by atoms with Gasteiger partial charge in [-0.3, -0.25) is 4.79 Å². The summed E-state index contributed by atoms with van der Waals surface area (Å²) in [5.41, 5.74) is 2.38. The minimum Gasteiger partial charge on any atom is -0.457 e. The molecule has 2 aromatic carbocycles. The third-order valence-corrected chi connectivity index (χ3v) is 4.60. The van der Waals surface area contributed by atoms with E-state index in [1.54, 1.807) is 11.0 Å². The van der Waals surface area contributed by atoms with Crippen molar-refractivity contribution in [3.63, 3.8) is 0 Å². The predicted molar refractivity (Wildman–Crippen MR) is 109 cm³/mol. The van der Waals surface area contributed by atoms with Gasteiger partial charge in [0.15, 0.2) is 0 Å². The standard InChI is InChI=1S/C23H21N3O2/c1-2-25(17-18-16-24-22-14-8-9-15-26(18)22)23(27)20-12-6-7-13-21(20)28-19-10-4-3-5-11-19/h3-16H,2,17H2,1H3. The largest absolute Gasteiger partial charge is 0.457 e. The van der Waals surface area contributed by atoms with Crippen molar-refractivity contribution in [2.45, 2.75) is 13.5 Å². The first-order valence-corrected chi connectivity index (χ1v) is 9.28. The van der Waals surface area contributed by atoms with Gasteiger partial charge in [-0.15, -0.1) is 0 Å². The number of aromatic nitrogens is 2. The lowest BCUT2D eigenvalue weighted by molar-refractivity contribution is 0.0747. The number of hydrogen-bond donors (Lipinski definition) is 0. The molecule has 0 aliphatic rings. The van der Waals surface area contributed by atoms with Gasteiger partial charge >= 0.3 is 0 Å². The Hall–Kier alpha value is -3.60. The Kier molecular flexibility index (Phi) is 5.06. The fourth-order valence-electron chi connectivity index (χ4n) is 3.14. The molecule has 4 rings (SSSR count). The molecule has 0 aliphatic heterocycles. The number of imidazole rings is 1. The summed E-state index contributed by atoms with van der Waals surface area (Å²) < 4.78 is 7.97. The SMILES string of the molecule is CCN(Cc1cnc2ccccn12)C(=O)c1ccccc1Oc1ccccc1. The number of para-hydroxylation sites is 2. The summed E-state index contributed by atoms with van der Waals surface area (Å²) in [7, 11) is 0. The van der Waals surface area contributed by atoms with E-state index in [9.17, 15) is 4.79 Å². The third kappa shape index (κ3) is 3.60. The summed E-state index contributed by atoms with van der Waals surface area (Å²) >= 11 is 0. The fourth-order valence-corrected chi connectivity index (χ4v) is 3.14. The molecular formula is C23H21N3O2. The van der Waals surface area contributed by atoms with Crippen LogP contribution in [0.25, 0.3) is 5.65 Å². The molecule has 0 spiro atoms. The molecule has 0 N–H and O–H groups in total. The normalized spacial score (nSPS) is 10.8. The number of fused-ring (bicyclic) bond motifs is 1. The topological polar surface area (TPSA) is 46.8 Å². The minimum atomic E-state index is -0.0695. The average molecular weight is 371 g/mol. The van der Waals surface area contributed by atoms with Crippen LogP contribution in [0.3, 0.4) is 0 Å². The second-order valence-electron chi connectivity index (χ2n) is 6.41. The van der Waals surface area contributed by atoms with Crippen molar-refractivity contribution in [2.24, 2.45) is 0 Å². The van der Waals surface area contributed by atoms with Crippen molar-refractivity contribution in [3.05, 3.63) is 96.4 Å². The van der Waals surface area contributed by atoms with Crippen molar-refractivity contribution < 1.29 is 9.53 Å². The van der Waals surface area contributed by atoms with E-state index in [0.717, 1.165) is 11.3 Å². The number of ether oxygens (including phenoxy) is 1. The Morgan fingerprint density at radius 2 is 1.75 bits per heavy atom. The summed E-state index contributed by atoms with van der Waals surface area (Å²) in [6.07, 6.45) is 3.78. The lowest BCUT2D eigenvalue weighted by Crippen LogP contribution is -2.31. The number of carbonyl (C=O) groups is 1.